The molecule has 1 aromatic carbocycles. The van der Waals surface area contributed by atoms with Crippen molar-refractivity contribution in [2.45, 2.75) is 77.5 Å². The van der Waals surface area contributed by atoms with Crippen molar-refractivity contribution < 1.29 is 37.0 Å². The highest BCUT2D eigenvalue weighted by atomic mass is 19.4. The van der Waals surface area contributed by atoms with Crippen molar-refractivity contribution >= 4 is 11.9 Å². The summed E-state index contributed by atoms with van der Waals surface area (Å²) >= 11 is 0. The highest BCUT2D eigenvalue weighted by Gasteiger charge is 2.56. The molecule has 5 nitrogen and oxygen atoms in total. The third-order valence-corrected chi connectivity index (χ3v) is 7.66. The van der Waals surface area contributed by atoms with Crippen LogP contribution in [-0.4, -0.2) is 30.8 Å². The topological polar surface area (TPSA) is 61.8 Å². The maximum Gasteiger partial charge on any atom is 0.422 e. The summed E-state index contributed by atoms with van der Waals surface area (Å²) < 4.78 is 54.3. The zero-order chi connectivity index (χ0) is 23.3. The predicted octanol–water partition coefficient (Wildman–Crippen LogP) is 5.34. The molecule has 0 aliphatic heterocycles. The Hall–Kier alpha value is -2.25. The van der Waals surface area contributed by atoms with Gasteiger partial charge in [-0.1, -0.05) is 6.92 Å². The Balaban J connectivity index is 1.64. The molecule has 0 N–H and O–H groups in total. The maximum absolute atomic E-state index is 12.8. The summed E-state index contributed by atoms with van der Waals surface area (Å²) in [5, 5.41) is 0. The van der Waals surface area contributed by atoms with E-state index < -0.39 is 18.8 Å². The molecule has 0 spiro atoms. The van der Waals surface area contributed by atoms with Crippen LogP contribution in [0, 0.1) is 17.3 Å². The molecular formula is C24H29F3O5. The predicted molar refractivity (Wildman–Crippen MR) is 109 cm³/mol. The molecule has 5 atom stereocenters. The number of alkyl halides is 3. The van der Waals surface area contributed by atoms with Crippen LogP contribution < -0.4 is 9.47 Å². The van der Waals surface area contributed by atoms with Gasteiger partial charge in [0.1, 0.15) is 6.10 Å². The van der Waals surface area contributed by atoms with Gasteiger partial charge in [-0.25, -0.2) is 0 Å². The van der Waals surface area contributed by atoms with E-state index in [2.05, 4.69) is 6.92 Å². The van der Waals surface area contributed by atoms with Gasteiger partial charge >= 0.3 is 18.1 Å². The fourth-order valence-electron chi connectivity index (χ4n) is 6.43. The first-order valence-electron chi connectivity index (χ1n) is 11.2. The molecule has 4 rings (SSSR count). The summed E-state index contributed by atoms with van der Waals surface area (Å²) in [5.41, 5.74) is 1.92. The van der Waals surface area contributed by atoms with Gasteiger partial charge in [-0.3, -0.25) is 9.59 Å². The van der Waals surface area contributed by atoms with E-state index in [4.69, 9.17) is 14.2 Å². The average Bonchev–Trinajstić information content (AvgIpc) is 3.01. The summed E-state index contributed by atoms with van der Waals surface area (Å²) in [4.78, 5) is 23.1. The van der Waals surface area contributed by atoms with Gasteiger partial charge in [-0.05, 0) is 79.5 Å². The van der Waals surface area contributed by atoms with Gasteiger partial charge in [0.15, 0.2) is 18.1 Å². The van der Waals surface area contributed by atoms with Crippen molar-refractivity contribution in [1.29, 1.82) is 0 Å². The number of halogens is 3. The molecule has 0 aromatic heterocycles. The third-order valence-electron chi connectivity index (χ3n) is 7.66. The molecule has 3 aliphatic carbocycles. The molecule has 3 aliphatic rings. The second-order valence-corrected chi connectivity index (χ2v) is 9.63. The molecule has 2 fully saturated rings. The largest absolute Gasteiger partial charge is 0.480 e. The van der Waals surface area contributed by atoms with Gasteiger partial charge in [0.2, 0.25) is 0 Å². The van der Waals surface area contributed by atoms with Crippen molar-refractivity contribution in [2.24, 2.45) is 17.3 Å². The van der Waals surface area contributed by atoms with Gasteiger partial charge in [0.25, 0.3) is 0 Å². The van der Waals surface area contributed by atoms with E-state index >= 15 is 0 Å². The Morgan fingerprint density at radius 1 is 1.06 bits per heavy atom. The van der Waals surface area contributed by atoms with Gasteiger partial charge in [-0.15, -0.1) is 0 Å². The molecule has 0 radical (unpaired) electrons. The second kappa shape index (κ2) is 8.27. The number of hydrogen-bond acceptors (Lipinski definition) is 5. The molecule has 0 heterocycles. The zero-order valence-corrected chi connectivity index (χ0v) is 18.6. The van der Waals surface area contributed by atoms with E-state index in [1.165, 1.54) is 13.8 Å². The Morgan fingerprint density at radius 3 is 2.47 bits per heavy atom. The minimum atomic E-state index is -4.49. The van der Waals surface area contributed by atoms with E-state index in [-0.39, 0.29) is 34.9 Å². The van der Waals surface area contributed by atoms with Crippen molar-refractivity contribution in [3.05, 3.63) is 23.3 Å². The quantitative estimate of drug-likeness (QED) is 0.454. The lowest BCUT2D eigenvalue weighted by Crippen LogP contribution is -2.45. The second-order valence-electron chi connectivity index (χ2n) is 9.63. The van der Waals surface area contributed by atoms with Gasteiger partial charge in [0.05, 0.1) is 0 Å². The molecule has 1 aromatic rings. The van der Waals surface area contributed by atoms with Crippen molar-refractivity contribution in [3.8, 4) is 11.5 Å². The summed E-state index contributed by atoms with van der Waals surface area (Å²) in [6, 6.07) is 3.32. The van der Waals surface area contributed by atoms with E-state index in [0.717, 1.165) is 49.7 Å². The number of esters is 2. The smallest absolute Gasteiger partial charge is 0.422 e. The first-order valence-corrected chi connectivity index (χ1v) is 11.2. The number of carbonyl (C=O) groups is 2. The van der Waals surface area contributed by atoms with Crippen LogP contribution in [0.4, 0.5) is 13.2 Å². The van der Waals surface area contributed by atoms with Crippen LogP contribution in [0.5, 0.6) is 11.5 Å². The Bertz CT molecular complexity index is 912. The monoisotopic (exact) mass is 454 g/mol. The first kappa shape index (κ1) is 22.9. The molecule has 8 heteroatoms. The van der Waals surface area contributed by atoms with E-state index in [9.17, 15) is 22.8 Å². The maximum atomic E-state index is 12.8. The first-order chi connectivity index (χ1) is 15.0. The molecule has 176 valence electrons. The molecule has 0 bridgehead atoms. The van der Waals surface area contributed by atoms with Gasteiger partial charge in [-0.2, -0.15) is 13.2 Å². The normalized spacial score (nSPS) is 31.2. The summed E-state index contributed by atoms with van der Waals surface area (Å²) in [5.74, 6) is 0.101. The molecule has 0 unspecified atom stereocenters. The van der Waals surface area contributed by atoms with Crippen LogP contribution >= 0.6 is 0 Å². The molecule has 2 saturated carbocycles. The number of rotatable bonds is 4. The van der Waals surface area contributed by atoms with Gasteiger partial charge in [0, 0.05) is 19.3 Å². The lowest BCUT2D eigenvalue weighted by Gasteiger charge is -2.50. The molecule has 0 saturated heterocycles. The highest BCUT2D eigenvalue weighted by molar-refractivity contribution is 5.71. The standard InChI is InChI=1S/C24H29F3O5/c1-13(28)31-21-10-15-4-5-17-16(18(15)11-20(21)30-12-24(25,26)27)8-9-23(3)19(17)6-7-22(23)32-14(2)29/h10-11,16-17,19,22H,4-9,12H2,1-3H3/t16-,17+,19-,22-,23-/m0/s1. The Kier molecular flexibility index (Phi) is 5.92. The number of carbonyl (C=O) groups excluding carboxylic acids is 2. The van der Waals surface area contributed by atoms with Crippen LogP contribution in [0.2, 0.25) is 0 Å². The van der Waals surface area contributed by atoms with Crippen molar-refractivity contribution in [1.82, 2.24) is 0 Å². The van der Waals surface area contributed by atoms with E-state index in [0.29, 0.717) is 11.8 Å². The van der Waals surface area contributed by atoms with Crippen LogP contribution in [-0.2, 0) is 20.7 Å². The van der Waals surface area contributed by atoms with Crippen molar-refractivity contribution in [3.63, 3.8) is 0 Å². The van der Waals surface area contributed by atoms with Gasteiger partial charge < -0.3 is 14.2 Å². The Labute approximate surface area is 185 Å². The van der Waals surface area contributed by atoms with E-state index in [1.807, 2.05) is 0 Å². The SMILES string of the molecule is CC(=O)Oc1cc2c(cc1OCC(F)(F)F)[C@H]1CC[C@]3(C)[C@@H](OC(C)=O)CC[C@H]3[C@@H]1CC2. The molecular weight excluding hydrogens is 425 g/mol. The van der Waals surface area contributed by atoms with Crippen LogP contribution in [0.3, 0.4) is 0 Å². The van der Waals surface area contributed by atoms with Crippen molar-refractivity contribution in [2.75, 3.05) is 6.61 Å². The Morgan fingerprint density at radius 2 is 1.81 bits per heavy atom. The summed E-state index contributed by atoms with van der Waals surface area (Å²) in [6.45, 7) is 3.43. The summed E-state index contributed by atoms with van der Waals surface area (Å²) in [7, 11) is 0. The third kappa shape index (κ3) is 4.33. The number of aryl methyl sites for hydroxylation is 1. The number of hydrogen-bond donors (Lipinski definition) is 0. The van der Waals surface area contributed by atoms with Crippen LogP contribution in [0.25, 0.3) is 0 Å². The lowest BCUT2D eigenvalue weighted by molar-refractivity contribution is -0.155. The number of benzene rings is 1. The number of ether oxygens (including phenoxy) is 3. The highest BCUT2D eigenvalue weighted by Crippen LogP contribution is 2.62. The lowest BCUT2D eigenvalue weighted by atomic mass is 9.55. The minimum Gasteiger partial charge on any atom is -0.480 e. The molecule has 0 amide bonds. The fourth-order valence-corrected chi connectivity index (χ4v) is 6.43. The summed E-state index contributed by atoms with van der Waals surface area (Å²) in [6.07, 6.45) is 0.727. The number of fused-ring (bicyclic) bond motifs is 5. The minimum absolute atomic E-state index is 0.0374. The average molecular weight is 454 g/mol. The van der Waals surface area contributed by atoms with Crippen LogP contribution in [0.15, 0.2) is 12.1 Å². The fraction of sp³-hybridized carbons (Fsp3) is 0.667. The van der Waals surface area contributed by atoms with E-state index in [1.54, 1.807) is 12.1 Å². The molecule has 32 heavy (non-hydrogen) atoms. The van der Waals surface area contributed by atoms with Crippen LogP contribution in [0.1, 0.15) is 69.9 Å². The zero-order valence-electron chi connectivity index (χ0n) is 18.6.